The Labute approximate surface area is 177 Å². The number of aliphatic imine (C=N–C) groups is 1. The molecule has 2 rings (SSSR count). The van der Waals surface area contributed by atoms with Crippen molar-refractivity contribution in [3.63, 3.8) is 0 Å². The van der Waals surface area contributed by atoms with E-state index in [2.05, 4.69) is 55.9 Å². The summed E-state index contributed by atoms with van der Waals surface area (Å²) in [5.74, 6) is 0.659. The second-order valence-electron chi connectivity index (χ2n) is 5.17. The molecule has 0 aliphatic rings. The monoisotopic (exact) mass is 536 g/mol. The van der Waals surface area contributed by atoms with Crippen LogP contribution < -0.4 is 16.0 Å². The molecule has 1 aromatic heterocycles. The Bertz CT molecular complexity index is 703. The van der Waals surface area contributed by atoms with Crippen molar-refractivity contribution < 1.29 is 4.79 Å². The molecule has 0 aliphatic heterocycles. The van der Waals surface area contributed by atoms with Crippen molar-refractivity contribution in [2.24, 2.45) is 4.99 Å². The predicted molar refractivity (Wildman–Crippen MR) is 120 cm³/mol. The van der Waals surface area contributed by atoms with Gasteiger partial charge in [0.2, 0.25) is 5.91 Å². The van der Waals surface area contributed by atoms with Crippen LogP contribution in [-0.4, -0.2) is 25.5 Å². The highest BCUT2D eigenvalue weighted by molar-refractivity contribution is 14.0. The molecule has 0 atom stereocenters. The van der Waals surface area contributed by atoms with Crippen LogP contribution in [0.15, 0.2) is 45.9 Å². The van der Waals surface area contributed by atoms with Crippen LogP contribution in [0, 0.1) is 6.92 Å². The standard InChI is InChI=1S/C17H21BrN4OS.HI/c1-12-3-8-15(24-12)11-21-17(19-2)20-10-9-16(23)22-14-6-4-13(18)5-7-14;/h3-8H,9-11H2,1-2H3,(H,22,23)(H2,19,20,21);1H. The van der Waals surface area contributed by atoms with E-state index >= 15 is 0 Å². The first-order chi connectivity index (χ1) is 11.6. The number of thiophene rings is 1. The Morgan fingerprint density at radius 1 is 1.16 bits per heavy atom. The van der Waals surface area contributed by atoms with E-state index in [9.17, 15) is 4.79 Å². The molecule has 0 radical (unpaired) electrons. The van der Waals surface area contributed by atoms with Gasteiger partial charge in [-0.3, -0.25) is 9.79 Å². The zero-order valence-electron chi connectivity index (χ0n) is 14.1. The molecular weight excluding hydrogens is 515 g/mol. The molecule has 0 bridgehead atoms. The Kier molecular flexibility index (Phi) is 10.1. The summed E-state index contributed by atoms with van der Waals surface area (Å²) in [4.78, 5) is 18.6. The Hall–Kier alpha value is -1.13. The van der Waals surface area contributed by atoms with Crippen LogP contribution in [0.3, 0.4) is 0 Å². The van der Waals surface area contributed by atoms with Gasteiger partial charge in [-0.1, -0.05) is 15.9 Å². The van der Waals surface area contributed by atoms with Gasteiger partial charge in [0.1, 0.15) is 0 Å². The summed E-state index contributed by atoms with van der Waals surface area (Å²) in [6, 6.07) is 11.7. The smallest absolute Gasteiger partial charge is 0.226 e. The lowest BCUT2D eigenvalue weighted by atomic mass is 10.3. The van der Waals surface area contributed by atoms with Crippen LogP contribution in [0.4, 0.5) is 5.69 Å². The molecule has 1 amide bonds. The molecule has 0 spiro atoms. The van der Waals surface area contributed by atoms with E-state index in [1.807, 2.05) is 24.3 Å². The molecule has 25 heavy (non-hydrogen) atoms. The van der Waals surface area contributed by atoms with Gasteiger partial charge in [0.05, 0.1) is 6.54 Å². The van der Waals surface area contributed by atoms with Crippen molar-refractivity contribution in [1.82, 2.24) is 10.6 Å². The molecule has 0 unspecified atom stereocenters. The molecule has 8 heteroatoms. The number of carbonyl (C=O) groups is 1. The number of halogens is 2. The minimum absolute atomic E-state index is 0. The third-order valence-corrected chi connectivity index (χ3v) is 4.75. The van der Waals surface area contributed by atoms with Crippen LogP contribution in [0.2, 0.25) is 0 Å². The number of hydrogen-bond donors (Lipinski definition) is 3. The summed E-state index contributed by atoms with van der Waals surface area (Å²) in [7, 11) is 1.72. The van der Waals surface area contributed by atoms with Crippen molar-refractivity contribution >= 4 is 68.8 Å². The quantitative estimate of drug-likeness (QED) is 0.295. The second-order valence-corrected chi connectivity index (χ2v) is 7.46. The number of guanidine groups is 1. The van der Waals surface area contributed by atoms with Gasteiger partial charge in [-0.25, -0.2) is 0 Å². The summed E-state index contributed by atoms with van der Waals surface area (Å²) < 4.78 is 0.984. The fourth-order valence-electron chi connectivity index (χ4n) is 2.02. The largest absolute Gasteiger partial charge is 0.356 e. The highest BCUT2D eigenvalue weighted by Gasteiger charge is 2.04. The number of nitrogens with one attached hydrogen (secondary N) is 3. The summed E-state index contributed by atoms with van der Waals surface area (Å²) in [6.45, 7) is 3.33. The first-order valence-corrected chi connectivity index (χ1v) is 9.23. The summed E-state index contributed by atoms with van der Waals surface area (Å²) in [6.07, 6.45) is 0.370. The third kappa shape index (κ3) is 8.19. The molecular formula is C17H22BrIN4OS. The van der Waals surface area contributed by atoms with E-state index in [4.69, 9.17) is 0 Å². The van der Waals surface area contributed by atoms with Gasteiger partial charge in [-0.15, -0.1) is 35.3 Å². The van der Waals surface area contributed by atoms with Gasteiger partial charge >= 0.3 is 0 Å². The van der Waals surface area contributed by atoms with Crippen molar-refractivity contribution in [1.29, 1.82) is 0 Å². The first-order valence-electron chi connectivity index (χ1n) is 7.62. The van der Waals surface area contributed by atoms with E-state index in [1.165, 1.54) is 9.75 Å². The summed E-state index contributed by atoms with van der Waals surface area (Å²) >= 11 is 5.13. The Morgan fingerprint density at radius 3 is 2.48 bits per heavy atom. The predicted octanol–water partition coefficient (Wildman–Crippen LogP) is 4.13. The average molecular weight is 537 g/mol. The molecule has 2 aromatic rings. The van der Waals surface area contributed by atoms with Crippen molar-refractivity contribution in [3.05, 3.63) is 50.6 Å². The highest BCUT2D eigenvalue weighted by Crippen LogP contribution is 2.15. The number of benzene rings is 1. The van der Waals surface area contributed by atoms with Gasteiger partial charge in [0.15, 0.2) is 5.96 Å². The van der Waals surface area contributed by atoms with E-state index in [-0.39, 0.29) is 29.9 Å². The van der Waals surface area contributed by atoms with Crippen molar-refractivity contribution in [2.45, 2.75) is 19.9 Å². The summed E-state index contributed by atoms with van der Waals surface area (Å²) in [5, 5.41) is 9.25. The van der Waals surface area contributed by atoms with Gasteiger partial charge in [0.25, 0.3) is 0 Å². The fraction of sp³-hybridized carbons (Fsp3) is 0.294. The molecule has 1 aromatic carbocycles. The lowest BCUT2D eigenvalue weighted by molar-refractivity contribution is -0.116. The number of hydrogen-bond acceptors (Lipinski definition) is 3. The Balaban J connectivity index is 0.00000312. The lowest BCUT2D eigenvalue weighted by Crippen LogP contribution is -2.38. The minimum atomic E-state index is -0.0332. The van der Waals surface area contributed by atoms with Crippen LogP contribution >= 0.6 is 51.2 Å². The molecule has 1 heterocycles. The normalized spacial score (nSPS) is 10.8. The third-order valence-electron chi connectivity index (χ3n) is 3.22. The topological polar surface area (TPSA) is 65.5 Å². The van der Waals surface area contributed by atoms with E-state index in [1.54, 1.807) is 18.4 Å². The van der Waals surface area contributed by atoms with Gasteiger partial charge in [-0.05, 0) is 43.3 Å². The molecule has 3 N–H and O–H groups in total. The van der Waals surface area contributed by atoms with Crippen LogP contribution in [-0.2, 0) is 11.3 Å². The van der Waals surface area contributed by atoms with Gasteiger partial charge in [0, 0.05) is 39.9 Å². The number of rotatable bonds is 6. The zero-order chi connectivity index (χ0) is 17.4. The zero-order valence-corrected chi connectivity index (χ0v) is 18.9. The number of nitrogens with zero attached hydrogens (tertiary/aromatic N) is 1. The van der Waals surface area contributed by atoms with Crippen LogP contribution in [0.1, 0.15) is 16.2 Å². The molecule has 0 saturated heterocycles. The number of anilines is 1. The van der Waals surface area contributed by atoms with Gasteiger partial charge < -0.3 is 16.0 Å². The van der Waals surface area contributed by atoms with E-state index in [0.717, 1.165) is 16.7 Å². The molecule has 0 fully saturated rings. The Morgan fingerprint density at radius 2 is 1.88 bits per heavy atom. The summed E-state index contributed by atoms with van der Waals surface area (Å²) in [5.41, 5.74) is 0.791. The van der Waals surface area contributed by atoms with Crippen molar-refractivity contribution in [2.75, 3.05) is 18.9 Å². The number of carbonyl (C=O) groups excluding carboxylic acids is 1. The van der Waals surface area contributed by atoms with Gasteiger partial charge in [-0.2, -0.15) is 0 Å². The van der Waals surface area contributed by atoms with Crippen molar-refractivity contribution in [3.8, 4) is 0 Å². The maximum atomic E-state index is 11.9. The lowest BCUT2D eigenvalue weighted by Gasteiger charge is -2.11. The van der Waals surface area contributed by atoms with Crippen LogP contribution in [0.5, 0.6) is 0 Å². The molecule has 5 nitrogen and oxygen atoms in total. The molecule has 0 saturated carbocycles. The average Bonchev–Trinajstić information content (AvgIpc) is 2.98. The SMILES string of the molecule is CN=C(NCCC(=O)Nc1ccc(Br)cc1)NCc1ccc(C)s1.I. The number of amides is 1. The minimum Gasteiger partial charge on any atom is -0.356 e. The second kappa shape index (κ2) is 11.5. The van der Waals surface area contributed by atoms with Crippen LogP contribution in [0.25, 0.3) is 0 Å². The molecule has 0 aliphatic carbocycles. The maximum Gasteiger partial charge on any atom is 0.226 e. The first kappa shape index (κ1) is 21.9. The fourth-order valence-corrected chi connectivity index (χ4v) is 3.12. The maximum absolute atomic E-state index is 11.9. The molecule has 136 valence electrons. The number of aryl methyl sites for hydroxylation is 1. The van der Waals surface area contributed by atoms with E-state index < -0.39 is 0 Å². The van der Waals surface area contributed by atoms with E-state index in [0.29, 0.717) is 18.9 Å². The highest BCUT2D eigenvalue weighted by atomic mass is 127.